The van der Waals surface area contributed by atoms with E-state index in [1.807, 2.05) is 24.3 Å². The molecular formula is C14H14O2Se2. The van der Waals surface area contributed by atoms with Gasteiger partial charge in [0, 0.05) is 0 Å². The van der Waals surface area contributed by atoms with Crippen molar-refractivity contribution in [3.05, 3.63) is 48.5 Å². The minimum absolute atomic E-state index is 0.522. The molecule has 0 N–H and O–H groups in total. The molecule has 2 nitrogen and oxygen atoms in total. The SMILES string of the molecule is COc1ccc([Se][Se]c2ccc(OC)cc2)cc1. The second kappa shape index (κ2) is 6.86. The van der Waals surface area contributed by atoms with Gasteiger partial charge in [0.1, 0.15) is 0 Å². The second-order valence-electron chi connectivity index (χ2n) is 3.52. The van der Waals surface area contributed by atoms with Crippen molar-refractivity contribution in [2.45, 2.75) is 0 Å². The third-order valence-electron chi connectivity index (χ3n) is 2.35. The predicted molar refractivity (Wildman–Crippen MR) is 76.8 cm³/mol. The molecule has 0 heterocycles. The second-order valence-corrected chi connectivity index (χ2v) is 9.83. The molecule has 0 aliphatic rings. The molecule has 2 aromatic rings. The van der Waals surface area contributed by atoms with Crippen molar-refractivity contribution in [2.75, 3.05) is 14.2 Å². The number of hydrogen-bond donors (Lipinski definition) is 0. The zero-order valence-electron chi connectivity index (χ0n) is 10.3. The Bertz CT molecular complexity index is 433. The molecule has 2 aromatic carbocycles. The molecule has 0 spiro atoms. The molecule has 4 heteroatoms. The van der Waals surface area contributed by atoms with Crippen LogP contribution in [0.4, 0.5) is 0 Å². The van der Waals surface area contributed by atoms with Crippen LogP contribution in [0, 0.1) is 0 Å². The van der Waals surface area contributed by atoms with Gasteiger partial charge in [-0.05, 0) is 0 Å². The van der Waals surface area contributed by atoms with Crippen LogP contribution in [-0.4, -0.2) is 40.5 Å². The van der Waals surface area contributed by atoms with Gasteiger partial charge in [0.25, 0.3) is 0 Å². The molecule has 0 aromatic heterocycles. The zero-order chi connectivity index (χ0) is 12.8. The molecule has 0 unspecified atom stereocenters. The van der Waals surface area contributed by atoms with Crippen LogP contribution in [-0.2, 0) is 0 Å². The van der Waals surface area contributed by atoms with E-state index in [1.165, 1.54) is 8.92 Å². The van der Waals surface area contributed by atoms with Crippen molar-refractivity contribution >= 4 is 35.2 Å². The standard InChI is InChI=1S/C14H14O2Se2/c1-15-11-3-7-13(8-4-11)17-18-14-9-5-12(16-2)6-10-14/h3-10H,1-2H3. The number of methoxy groups -OCH3 is 2. The summed E-state index contributed by atoms with van der Waals surface area (Å²) in [6, 6.07) is 16.7. The van der Waals surface area contributed by atoms with Gasteiger partial charge in [-0.15, -0.1) is 0 Å². The van der Waals surface area contributed by atoms with E-state index in [1.54, 1.807) is 14.2 Å². The van der Waals surface area contributed by atoms with Gasteiger partial charge >= 0.3 is 119 Å². The number of benzene rings is 2. The van der Waals surface area contributed by atoms with E-state index in [0.29, 0.717) is 26.3 Å². The van der Waals surface area contributed by atoms with Crippen LogP contribution in [0.25, 0.3) is 0 Å². The number of ether oxygens (including phenoxy) is 2. The monoisotopic (exact) mass is 374 g/mol. The summed E-state index contributed by atoms with van der Waals surface area (Å²) < 4.78 is 13.1. The van der Waals surface area contributed by atoms with E-state index in [-0.39, 0.29) is 0 Å². The van der Waals surface area contributed by atoms with Gasteiger partial charge in [0.15, 0.2) is 0 Å². The zero-order valence-corrected chi connectivity index (χ0v) is 13.7. The molecule has 0 fully saturated rings. The van der Waals surface area contributed by atoms with E-state index in [4.69, 9.17) is 9.47 Å². The van der Waals surface area contributed by atoms with Crippen LogP contribution in [0.15, 0.2) is 48.5 Å². The fourth-order valence-electron chi connectivity index (χ4n) is 1.36. The summed E-state index contributed by atoms with van der Waals surface area (Å²) in [6.07, 6.45) is 0. The molecule has 0 atom stereocenters. The molecule has 18 heavy (non-hydrogen) atoms. The third-order valence-corrected chi connectivity index (χ3v) is 9.58. The van der Waals surface area contributed by atoms with Gasteiger partial charge in [-0.3, -0.25) is 0 Å². The molecule has 2 rings (SSSR count). The first kappa shape index (κ1) is 13.5. The molecule has 0 amide bonds. The maximum absolute atomic E-state index is 5.16. The first-order chi connectivity index (χ1) is 8.81. The first-order valence-electron chi connectivity index (χ1n) is 5.44. The van der Waals surface area contributed by atoms with Crippen LogP contribution in [0.1, 0.15) is 0 Å². The van der Waals surface area contributed by atoms with Crippen molar-refractivity contribution < 1.29 is 9.47 Å². The normalized spacial score (nSPS) is 10.1. The summed E-state index contributed by atoms with van der Waals surface area (Å²) in [5.74, 6) is 1.85. The van der Waals surface area contributed by atoms with Crippen molar-refractivity contribution in [3.8, 4) is 11.5 Å². The molecule has 0 radical (unpaired) electrons. The van der Waals surface area contributed by atoms with E-state index < -0.39 is 0 Å². The molecule has 0 saturated carbocycles. The van der Waals surface area contributed by atoms with Crippen LogP contribution in [0.3, 0.4) is 0 Å². The van der Waals surface area contributed by atoms with Gasteiger partial charge in [0.2, 0.25) is 0 Å². The van der Waals surface area contributed by atoms with Crippen LogP contribution in [0.5, 0.6) is 11.5 Å². The summed E-state index contributed by atoms with van der Waals surface area (Å²) in [5.41, 5.74) is 0. The van der Waals surface area contributed by atoms with Crippen molar-refractivity contribution in [1.29, 1.82) is 0 Å². The maximum atomic E-state index is 5.16. The van der Waals surface area contributed by atoms with Crippen molar-refractivity contribution in [1.82, 2.24) is 0 Å². The van der Waals surface area contributed by atoms with Crippen molar-refractivity contribution in [2.24, 2.45) is 0 Å². The van der Waals surface area contributed by atoms with Crippen LogP contribution in [0.2, 0.25) is 0 Å². The van der Waals surface area contributed by atoms with E-state index in [0.717, 1.165) is 11.5 Å². The third kappa shape index (κ3) is 3.79. The Morgan fingerprint density at radius 1 is 0.611 bits per heavy atom. The molecule has 0 bridgehead atoms. The first-order valence-corrected chi connectivity index (χ1v) is 11.5. The molecule has 0 aliphatic carbocycles. The van der Waals surface area contributed by atoms with Crippen LogP contribution >= 0.6 is 0 Å². The molecule has 0 saturated heterocycles. The number of rotatable bonds is 5. The molecule has 0 aliphatic heterocycles. The summed E-state index contributed by atoms with van der Waals surface area (Å²) in [4.78, 5) is 0. The predicted octanol–water partition coefficient (Wildman–Crippen LogP) is 0.978. The Balaban J connectivity index is 1.93. The summed E-state index contributed by atoms with van der Waals surface area (Å²) in [6.45, 7) is 0. The Morgan fingerprint density at radius 2 is 0.944 bits per heavy atom. The van der Waals surface area contributed by atoms with Gasteiger partial charge < -0.3 is 0 Å². The fraction of sp³-hybridized carbons (Fsp3) is 0.143. The van der Waals surface area contributed by atoms with Gasteiger partial charge in [-0.1, -0.05) is 0 Å². The number of hydrogen-bond acceptors (Lipinski definition) is 2. The van der Waals surface area contributed by atoms with Crippen LogP contribution < -0.4 is 18.4 Å². The van der Waals surface area contributed by atoms with Gasteiger partial charge in [0.05, 0.1) is 0 Å². The molecule has 94 valence electrons. The van der Waals surface area contributed by atoms with Gasteiger partial charge in [-0.2, -0.15) is 0 Å². The van der Waals surface area contributed by atoms with Crippen molar-refractivity contribution in [3.63, 3.8) is 0 Å². The summed E-state index contributed by atoms with van der Waals surface area (Å²) >= 11 is 1.04. The van der Waals surface area contributed by atoms with Gasteiger partial charge in [-0.25, -0.2) is 0 Å². The Hall–Kier alpha value is -0.921. The van der Waals surface area contributed by atoms with E-state index in [9.17, 15) is 0 Å². The van der Waals surface area contributed by atoms with E-state index >= 15 is 0 Å². The Kier molecular flexibility index (Phi) is 5.15. The average Bonchev–Trinajstić information content (AvgIpc) is 2.46. The Morgan fingerprint density at radius 3 is 1.22 bits per heavy atom. The minimum atomic E-state index is 0.522. The molecular weight excluding hydrogens is 358 g/mol. The topological polar surface area (TPSA) is 18.5 Å². The summed E-state index contributed by atoms with van der Waals surface area (Å²) in [5, 5.41) is 0. The quantitative estimate of drug-likeness (QED) is 0.729. The van der Waals surface area contributed by atoms with E-state index in [2.05, 4.69) is 24.3 Å². The summed E-state index contributed by atoms with van der Waals surface area (Å²) in [7, 11) is 3.39. The fourth-order valence-corrected chi connectivity index (χ4v) is 7.32. The average molecular weight is 372 g/mol. The Labute approximate surface area is 119 Å².